The van der Waals surface area contributed by atoms with Gasteiger partial charge in [0.2, 0.25) is 0 Å². The topological polar surface area (TPSA) is 34.1 Å². The molecule has 0 aromatic rings. The molecule has 3 heteroatoms. The van der Waals surface area contributed by atoms with Gasteiger partial charge in [-0.15, -0.1) is 11.6 Å². The molecule has 0 saturated heterocycles. The van der Waals surface area contributed by atoms with Crippen LogP contribution in [-0.2, 0) is 9.59 Å². The molecule has 0 heterocycles. The monoisotopic (exact) mass is 360 g/mol. The molecule has 25 heavy (non-hydrogen) atoms. The number of rotatable bonds is 2. The Kier molecular flexibility index (Phi) is 3.92. The first kappa shape index (κ1) is 17.3. The fourth-order valence-corrected chi connectivity index (χ4v) is 6.83. The zero-order valence-electron chi connectivity index (χ0n) is 15.3. The van der Waals surface area contributed by atoms with Gasteiger partial charge in [0.15, 0.2) is 11.6 Å². The van der Waals surface area contributed by atoms with E-state index in [1.165, 1.54) is 11.1 Å². The van der Waals surface area contributed by atoms with Gasteiger partial charge in [-0.2, -0.15) is 0 Å². The molecule has 4 aliphatic rings. The van der Waals surface area contributed by atoms with Crippen LogP contribution in [0.15, 0.2) is 35.5 Å². The molecule has 0 amide bonds. The quantitative estimate of drug-likeness (QED) is 0.519. The van der Waals surface area contributed by atoms with Crippen molar-refractivity contribution in [3.8, 4) is 0 Å². The normalized spacial score (nSPS) is 45.2. The Morgan fingerprint density at radius 2 is 2.16 bits per heavy atom. The van der Waals surface area contributed by atoms with E-state index in [2.05, 4.69) is 32.9 Å². The van der Waals surface area contributed by atoms with E-state index in [0.717, 1.165) is 25.7 Å². The van der Waals surface area contributed by atoms with Crippen molar-refractivity contribution in [1.82, 2.24) is 0 Å². The summed E-state index contributed by atoms with van der Waals surface area (Å²) in [6.07, 6.45) is 12.3. The Hall–Kier alpha value is -1.15. The third-order valence-electron chi connectivity index (χ3n) is 7.77. The van der Waals surface area contributed by atoms with Crippen LogP contribution in [0.3, 0.4) is 0 Å². The molecular formula is C22H27ClO2. The van der Waals surface area contributed by atoms with Gasteiger partial charge in [0.1, 0.15) is 0 Å². The summed E-state index contributed by atoms with van der Waals surface area (Å²) < 4.78 is 0. The van der Waals surface area contributed by atoms with Crippen LogP contribution < -0.4 is 0 Å². The van der Waals surface area contributed by atoms with E-state index in [1.54, 1.807) is 6.08 Å². The Labute approximate surface area is 155 Å². The van der Waals surface area contributed by atoms with Crippen molar-refractivity contribution in [2.24, 2.45) is 34.5 Å². The Morgan fingerprint density at radius 1 is 1.40 bits per heavy atom. The predicted octanol–water partition coefficient (Wildman–Crippen LogP) is 4.88. The van der Waals surface area contributed by atoms with E-state index in [-0.39, 0.29) is 34.2 Å². The number of carbonyl (C=O) groups is 2. The highest BCUT2D eigenvalue weighted by Gasteiger charge is 2.58. The number of hydrogen-bond donors (Lipinski definition) is 0. The first-order valence-electron chi connectivity index (χ1n) is 9.54. The molecule has 0 aliphatic heterocycles. The van der Waals surface area contributed by atoms with Crippen molar-refractivity contribution >= 4 is 23.2 Å². The fraction of sp³-hybridized carbons (Fsp3) is 0.636. The summed E-state index contributed by atoms with van der Waals surface area (Å²) >= 11 is 5.94. The molecule has 4 rings (SSSR count). The summed E-state index contributed by atoms with van der Waals surface area (Å²) in [6, 6.07) is 0. The van der Waals surface area contributed by atoms with Gasteiger partial charge in [-0.1, -0.05) is 37.1 Å². The lowest BCUT2D eigenvalue weighted by molar-refractivity contribution is -0.125. The number of halogens is 1. The standard InChI is InChI=1S/C22H27ClO2/c1-13-10-18-16-5-4-14-11-15(24)6-8-21(14,2)17(16)7-9-22(18,3)20(13)19(25)12-23/h6-8,11,13,16,18,20H,4-5,9-10,12H2,1-3H3/t13-,16-,18+,20-,21+,22+/m1/s1/i1+2. The average molecular weight is 361 g/mol. The number of fused-ring (bicyclic) bond motifs is 5. The van der Waals surface area contributed by atoms with Gasteiger partial charge in [0.05, 0.1) is 5.88 Å². The number of Topliss-reactive ketones (excluding diaryl/α,β-unsaturated/α-hetero) is 1. The highest BCUT2D eigenvalue weighted by Crippen LogP contribution is 2.65. The minimum absolute atomic E-state index is 0.0331. The average Bonchev–Trinajstić information content (AvgIpc) is 2.85. The van der Waals surface area contributed by atoms with Crippen LogP contribution in [0.25, 0.3) is 0 Å². The Morgan fingerprint density at radius 3 is 2.88 bits per heavy atom. The molecule has 2 fully saturated rings. The van der Waals surface area contributed by atoms with E-state index < -0.39 is 0 Å². The van der Waals surface area contributed by atoms with Crippen molar-refractivity contribution < 1.29 is 9.59 Å². The third-order valence-corrected chi connectivity index (χ3v) is 8.03. The van der Waals surface area contributed by atoms with Crippen molar-refractivity contribution in [2.45, 2.75) is 46.5 Å². The van der Waals surface area contributed by atoms with Crippen molar-refractivity contribution in [3.05, 3.63) is 35.5 Å². The van der Waals surface area contributed by atoms with Gasteiger partial charge < -0.3 is 0 Å². The number of ketones is 2. The van der Waals surface area contributed by atoms with Gasteiger partial charge in [0, 0.05) is 11.3 Å². The summed E-state index contributed by atoms with van der Waals surface area (Å²) in [5.74, 6) is 2.03. The van der Waals surface area contributed by atoms with Gasteiger partial charge in [0.25, 0.3) is 0 Å². The van der Waals surface area contributed by atoms with Crippen LogP contribution in [0.1, 0.15) is 46.5 Å². The van der Waals surface area contributed by atoms with Gasteiger partial charge in [-0.05, 0) is 67.9 Å². The Bertz CT molecular complexity index is 730. The SMILES string of the molecule is C[C@]12C=CC(=O)C=C1CC[C@@H]1C2=CC[C@@]2(C)[C@H]1C[C@@H]([14CH3])[C@@H]2C(=O)CCl. The summed E-state index contributed by atoms with van der Waals surface area (Å²) in [5, 5.41) is 0. The van der Waals surface area contributed by atoms with Crippen molar-refractivity contribution in [1.29, 1.82) is 0 Å². The number of allylic oxidation sites excluding steroid dienone is 6. The maximum absolute atomic E-state index is 12.6. The van der Waals surface area contributed by atoms with Crippen LogP contribution in [0.5, 0.6) is 0 Å². The van der Waals surface area contributed by atoms with Gasteiger partial charge in [-0.3, -0.25) is 9.59 Å². The predicted molar refractivity (Wildman–Crippen MR) is 100 cm³/mol. The zero-order valence-corrected chi connectivity index (χ0v) is 16.1. The molecule has 0 N–H and O–H groups in total. The highest BCUT2D eigenvalue weighted by molar-refractivity contribution is 6.28. The molecule has 0 spiro atoms. The van der Waals surface area contributed by atoms with Crippen LogP contribution in [0.2, 0.25) is 0 Å². The minimum Gasteiger partial charge on any atom is -0.298 e. The van der Waals surface area contributed by atoms with Crippen LogP contribution >= 0.6 is 11.6 Å². The molecule has 0 radical (unpaired) electrons. The van der Waals surface area contributed by atoms with Gasteiger partial charge >= 0.3 is 0 Å². The van der Waals surface area contributed by atoms with E-state index in [1.807, 2.05) is 6.08 Å². The molecule has 0 bridgehead atoms. The molecule has 6 atom stereocenters. The van der Waals surface area contributed by atoms with Crippen molar-refractivity contribution in [2.75, 3.05) is 5.88 Å². The second-order valence-corrected chi connectivity index (χ2v) is 9.29. The summed E-state index contributed by atoms with van der Waals surface area (Å²) in [4.78, 5) is 24.4. The van der Waals surface area contributed by atoms with E-state index in [9.17, 15) is 9.59 Å². The van der Waals surface area contributed by atoms with Crippen LogP contribution in [0.4, 0.5) is 0 Å². The highest BCUT2D eigenvalue weighted by atomic mass is 35.5. The Balaban J connectivity index is 1.75. The summed E-state index contributed by atoms with van der Waals surface area (Å²) in [7, 11) is 0. The van der Waals surface area contributed by atoms with E-state index in [4.69, 9.17) is 11.6 Å². The lowest BCUT2D eigenvalue weighted by atomic mass is 9.52. The second kappa shape index (κ2) is 5.67. The fourth-order valence-electron chi connectivity index (χ4n) is 6.66. The van der Waals surface area contributed by atoms with Gasteiger partial charge in [-0.25, -0.2) is 0 Å². The molecule has 2 saturated carbocycles. The number of alkyl halides is 1. The smallest absolute Gasteiger partial charge is 0.178 e. The second-order valence-electron chi connectivity index (χ2n) is 9.02. The third kappa shape index (κ3) is 2.29. The van der Waals surface area contributed by atoms with Crippen molar-refractivity contribution in [3.63, 3.8) is 0 Å². The molecule has 0 aromatic heterocycles. The molecule has 2 nitrogen and oxygen atoms in total. The summed E-state index contributed by atoms with van der Waals surface area (Å²) in [5.41, 5.74) is 2.69. The lowest BCUT2D eigenvalue weighted by Gasteiger charge is -2.52. The lowest BCUT2D eigenvalue weighted by Crippen LogP contribution is -2.45. The minimum atomic E-state index is -0.101. The zero-order chi connectivity index (χ0) is 18.0. The molecular weight excluding hydrogens is 334 g/mol. The molecule has 4 aliphatic carbocycles. The first-order chi connectivity index (χ1) is 11.8. The maximum atomic E-state index is 12.6. The molecule has 0 aromatic carbocycles. The van der Waals surface area contributed by atoms with Crippen LogP contribution in [-0.4, -0.2) is 17.4 Å². The summed E-state index contributed by atoms with van der Waals surface area (Å²) in [6.45, 7) is 6.81. The largest absolute Gasteiger partial charge is 0.298 e. The maximum Gasteiger partial charge on any atom is 0.178 e. The first-order valence-corrected chi connectivity index (χ1v) is 10.1. The number of hydrogen-bond acceptors (Lipinski definition) is 2. The molecule has 0 unspecified atom stereocenters. The van der Waals surface area contributed by atoms with E-state index >= 15 is 0 Å². The number of carbonyl (C=O) groups excluding carboxylic acids is 2. The van der Waals surface area contributed by atoms with E-state index in [0.29, 0.717) is 17.8 Å². The van der Waals surface area contributed by atoms with Crippen LogP contribution in [0, 0.1) is 34.5 Å². The molecule has 134 valence electrons.